The fraction of sp³-hybridized carbons (Fsp3) is 0.0870. The first-order valence-electron chi connectivity index (χ1n) is 8.77. The SMILES string of the molecule is COc1cc(-c2cc(=O)c3ccc(O)c(Cc4ccccc4)c3o2)ccc1O. The number of aromatic hydroxyl groups is 2. The van der Waals surface area contributed by atoms with Crippen molar-refractivity contribution in [2.24, 2.45) is 0 Å². The third-order valence-corrected chi connectivity index (χ3v) is 4.66. The summed E-state index contributed by atoms with van der Waals surface area (Å²) in [6.45, 7) is 0. The van der Waals surface area contributed by atoms with E-state index in [2.05, 4.69) is 0 Å². The topological polar surface area (TPSA) is 79.9 Å². The van der Waals surface area contributed by atoms with Gasteiger partial charge < -0.3 is 19.4 Å². The maximum atomic E-state index is 12.7. The molecule has 1 heterocycles. The number of hydrogen-bond donors (Lipinski definition) is 2. The van der Waals surface area contributed by atoms with E-state index in [0.717, 1.165) is 5.56 Å². The lowest BCUT2D eigenvalue weighted by Gasteiger charge is -2.11. The molecule has 0 aliphatic heterocycles. The summed E-state index contributed by atoms with van der Waals surface area (Å²) in [6.07, 6.45) is 0.426. The fourth-order valence-electron chi connectivity index (χ4n) is 3.21. The molecule has 0 spiro atoms. The van der Waals surface area contributed by atoms with Gasteiger partial charge in [-0.25, -0.2) is 0 Å². The van der Waals surface area contributed by atoms with Crippen LogP contribution in [0, 0.1) is 0 Å². The molecule has 28 heavy (non-hydrogen) atoms. The molecule has 0 bridgehead atoms. The highest BCUT2D eigenvalue weighted by molar-refractivity contribution is 5.84. The Balaban J connectivity index is 1.91. The highest BCUT2D eigenvalue weighted by Crippen LogP contribution is 2.34. The largest absolute Gasteiger partial charge is 0.508 e. The normalized spacial score (nSPS) is 10.9. The monoisotopic (exact) mass is 374 g/mol. The zero-order valence-electron chi connectivity index (χ0n) is 15.2. The Kier molecular flexibility index (Phi) is 4.49. The van der Waals surface area contributed by atoms with Gasteiger partial charge in [-0.15, -0.1) is 0 Å². The van der Waals surface area contributed by atoms with Gasteiger partial charge in [-0.3, -0.25) is 4.79 Å². The minimum absolute atomic E-state index is 0.00297. The molecular formula is C23H18O5. The summed E-state index contributed by atoms with van der Waals surface area (Å²) in [5.74, 6) is 0.674. The first-order valence-corrected chi connectivity index (χ1v) is 8.77. The van der Waals surface area contributed by atoms with E-state index >= 15 is 0 Å². The van der Waals surface area contributed by atoms with E-state index in [1.807, 2.05) is 30.3 Å². The first kappa shape index (κ1) is 17.7. The molecule has 0 aliphatic rings. The van der Waals surface area contributed by atoms with Gasteiger partial charge in [0.1, 0.15) is 17.1 Å². The minimum atomic E-state index is -0.211. The Labute approximate surface area is 161 Å². The number of fused-ring (bicyclic) bond motifs is 1. The third-order valence-electron chi connectivity index (χ3n) is 4.66. The lowest BCUT2D eigenvalue weighted by Crippen LogP contribution is -2.03. The van der Waals surface area contributed by atoms with Gasteiger partial charge in [0.05, 0.1) is 12.5 Å². The zero-order valence-corrected chi connectivity index (χ0v) is 15.2. The average Bonchev–Trinajstić information content (AvgIpc) is 2.71. The quantitative estimate of drug-likeness (QED) is 0.551. The number of ether oxygens (including phenoxy) is 1. The van der Waals surface area contributed by atoms with Crippen LogP contribution in [0.15, 0.2) is 75.9 Å². The summed E-state index contributed by atoms with van der Waals surface area (Å²) in [7, 11) is 1.45. The van der Waals surface area contributed by atoms with Gasteiger partial charge in [0.25, 0.3) is 0 Å². The van der Waals surface area contributed by atoms with Crippen molar-refractivity contribution in [2.75, 3.05) is 7.11 Å². The Morgan fingerprint density at radius 1 is 0.929 bits per heavy atom. The molecule has 0 fully saturated rings. The molecule has 0 aliphatic carbocycles. The van der Waals surface area contributed by atoms with Gasteiger partial charge in [-0.1, -0.05) is 30.3 Å². The van der Waals surface area contributed by atoms with Crippen molar-refractivity contribution in [3.05, 3.63) is 88.1 Å². The number of phenolic OH excluding ortho intramolecular Hbond substituents is 2. The lowest BCUT2D eigenvalue weighted by atomic mass is 10.0. The second kappa shape index (κ2) is 7.12. The summed E-state index contributed by atoms with van der Waals surface area (Å²) in [5.41, 5.74) is 2.26. The van der Waals surface area contributed by atoms with Crippen LogP contribution in [0.25, 0.3) is 22.3 Å². The number of hydrogen-bond acceptors (Lipinski definition) is 5. The van der Waals surface area contributed by atoms with Crippen molar-refractivity contribution in [3.8, 4) is 28.6 Å². The summed E-state index contributed by atoms with van der Waals surface area (Å²) in [5, 5.41) is 20.6. The first-order chi connectivity index (χ1) is 13.6. The van der Waals surface area contributed by atoms with Gasteiger partial charge in [0.15, 0.2) is 16.9 Å². The Morgan fingerprint density at radius 3 is 2.43 bits per heavy atom. The molecule has 0 saturated carbocycles. The molecule has 140 valence electrons. The van der Waals surface area contributed by atoms with Crippen molar-refractivity contribution >= 4 is 11.0 Å². The van der Waals surface area contributed by atoms with Crippen LogP contribution in [-0.2, 0) is 6.42 Å². The van der Waals surface area contributed by atoms with Crippen molar-refractivity contribution in [1.29, 1.82) is 0 Å². The highest BCUT2D eigenvalue weighted by atomic mass is 16.5. The van der Waals surface area contributed by atoms with Crippen LogP contribution in [0.5, 0.6) is 17.2 Å². The minimum Gasteiger partial charge on any atom is -0.508 e. The summed E-state index contributed by atoms with van der Waals surface area (Å²) in [6, 6.07) is 18.8. The van der Waals surface area contributed by atoms with Crippen LogP contribution < -0.4 is 10.2 Å². The fourth-order valence-corrected chi connectivity index (χ4v) is 3.21. The third kappa shape index (κ3) is 3.18. The molecule has 5 heteroatoms. The standard InChI is InChI=1S/C23H18O5/c1-27-22-12-15(7-9-19(22)25)21-13-20(26)16-8-10-18(24)17(23(16)28-21)11-14-5-3-2-4-6-14/h2-10,12-13,24-25H,11H2,1H3. The van der Waals surface area contributed by atoms with Crippen molar-refractivity contribution in [1.82, 2.24) is 0 Å². The number of phenols is 2. The van der Waals surface area contributed by atoms with Crippen molar-refractivity contribution in [3.63, 3.8) is 0 Å². The molecule has 2 N–H and O–H groups in total. The van der Waals surface area contributed by atoms with E-state index in [1.54, 1.807) is 18.2 Å². The van der Waals surface area contributed by atoms with Crippen LogP contribution in [0.1, 0.15) is 11.1 Å². The second-order valence-electron chi connectivity index (χ2n) is 6.46. The van der Waals surface area contributed by atoms with Crippen LogP contribution in [0.4, 0.5) is 0 Å². The smallest absolute Gasteiger partial charge is 0.193 e. The van der Waals surface area contributed by atoms with Gasteiger partial charge in [-0.2, -0.15) is 0 Å². The van der Waals surface area contributed by atoms with Crippen LogP contribution in [0.3, 0.4) is 0 Å². The summed E-state index contributed by atoms with van der Waals surface area (Å²) in [4.78, 5) is 12.7. The van der Waals surface area contributed by atoms with E-state index < -0.39 is 0 Å². The van der Waals surface area contributed by atoms with Gasteiger partial charge in [-0.05, 0) is 35.9 Å². The Hall–Kier alpha value is -3.73. The maximum absolute atomic E-state index is 12.7. The Morgan fingerprint density at radius 2 is 1.68 bits per heavy atom. The van der Waals surface area contributed by atoms with Gasteiger partial charge >= 0.3 is 0 Å². The molecule has 5 nitrogen and oxygen atoms in total. The molecule has 4 rings (SSSR count). The van der Waals surface area contributed by atoms with Gasteiger partial charge in [0, 0.05) is 23.6 Å². The van der Waals surface area contributed by atoms with Gasteiger partial charge in [0.2, 0.25) is 0 Å². The molecule has 0 saturated heterocycles. The van der Waals surface area contributed by atoms with E-state index in [1.165, 1.54) is 25.3 Å². The molecule has 4 aromatic rings. The average molecular weight is 374 g/mol. The van der Waals surface area contributed by atoms with E-state index in [-0.39, 0.29) is 22.7 Å². The highest BCUT2D eigenvalue weighted by Gasteiger charge is 2.15. The molecule has 0 unspecified atom stereocenters. The molecule has 3 aromatic carbocycles. The molecule has 1 aromatic heterocycles. The predicted molar refractivity (Wildman–Crippen MR) is 107 cm³/mol. The van der Waals surface area contributed by atoms with Crippen LogP contribution >= 0.6 is 0 Å². The summed E-state index contributed by atoms with van der Waals surface area (Å²) >= 11 is 0. The van der Waals surface area contributed by atoms with Crippen molar-refractivity contribution in [2.45, 2.75) is 6.42 Å². The zero-order chi connectivity index (χ0) is 19.7. The molecular weight excluding hydrogens is 356 g/mol. The molecule has 0 amide bonds. The number of methoxy groups -OCH3 is 1. The molecule has 0 atom stereocenters. The van der Waals surface area contributed by atoms with E-state index in [4.69, 9.17) is 9.15 Å². The number of rotatable bonds is 4. The second-order valence-corrected chi connectivity index (χ2v) is 6.46. The van der Waals surface area contributed by atoms with Crippen LogP contribution in [0.2, 0.25) is 0 Å². The predicted octanol–water partition coefficient (Wildman–Crippen LogP) is 4.47. The van der Waals surface area contributed by atoms with Crippen molar-refractivity contribution < 1.29 is 19.4 Å². The summed E-state index contributed by atoms with van der Waals surface area (Å²) < 4.78 is 11.2. The number of benzene rings is 3. The van der Waals surface area contributed by atoms with E-state index in [0.29, 0.717) is 34.3 Å². The maximum Gasteiger partial charge on any atom is 0.193 e. The molecule has 0 radical (unpaired) electrons. The lowest BCUT2D eigenvalue weighted by molar-refractivity contribution is 0.373. The van der Waals surface area contributed by atoms with Crippen LogP contribution in [-0.4, -0.2) is 17.3 Å². The Bertz CT molecular complexity index is 1210. The van der Waals surface area contributed by atoms with E-state index in [9.17, 15) is 15.0 Å².